The van der Waals surface area contributed by atoms with Gasteiger partial charge in [0.05, 0.1) is 4.90 Å². The van der Waals surface area contributed by atoms with Gasteiger partial charge < -0.3 is 5.32 Å². The molecule has 1 aromatic carbocycles. The van der Waals surface area contributed by atoms with Gasteiger partial charge in [-0.2, -0.15) is 11.3 Å². The van der Waals surface area contributed by atoms with Crippen LogP contribution < -0.4 is 5.32 Å². The molecule has 0 aliphatic carbocycles. The number of carbonyl (C=O) groups excluding carboxylic acids is 1. The molecule has 1 aromatic heterocycles. The number of nitrogens with zero attached hydrogens (tertiary/aromatic N) is 1. The van der Waals surface area contributed by atoms with Gasteiger partial charge in [0.15, 0.2) is 0 Å². The van der Waals surface area contributed by atoms with Crippen LogP contribution in [0.15, 0.2) is 46.0 Å². The first-order valence-corrected chi connectivity index (χ1v) is 8.62. The van der Waals surface area contributed by atoms with E-state index in [1.54, 1.807) is 35.7 Å². The third-order valence-corrected chi connectivity index (χ3v) is 5.55. The van der Waals surface area contributed by atoms with Crippen LogP contribution >= 0.6 is 11.3 Å². The Morgan fingerprint density at radius 3 is 2.57 bits per heavy atom. The Morgan fingerprint density at radius 2 is 1.95 bits per heavy atom. The first-order chi connectivity index (χ1) is 9.93. The van der Waals surface area contributed by atoms with Crippen LogP contribution in [0.25, 0.3) is 0 Å². The van der Waals surface area contributed by atoms with Gasteiger partial charge in [-0.25, -0.2) is 12.7 Å². The van der Waals surface area contributed by atoms with Crippen LogP contribution in [-0.4, -0.2) is 32.7 Å². The van der Waals surface area contributed by atoms with E-state index in [0.717, 1.165) is 4.31 Å². The zero-order valence-electron chi connectivity index (χ0n) is 11.7. The summed E-state index contributed by atoms with van der Waals surface area (Å²) in [5.74, 6) is -0.215. The molecular weight excluding hydrogens is 308 g/mol. The Kier molecular flexibility index (Phi) is 4.76. The quantitative estimate of drug-likeness (QED) is 0.914. The molecule has 1 amide bonds. The van der Waals surface area contributed by atoms with Crippen molar-refractivity contribution in [1.29, 1.82) is 0 Å². The maximum atomic E-state index is 12.2. The highest BCUT2D eigenvalue weighted by atomic mass is 32.2. The van der Waals surface area contributed by atoms with E-state index >= 15 is 0 Å². The Labute approximate surface area is 128 Å². The van der Waals surface area contributed by atoms with E-state index in [9.17, 15) is 13.2 Å². The lowest BCUT2D eigenvalue weighted by molar-refractivity contribution is 0.0951. The Morgan fingerprint density at radius 1 is 1.24 bits per heavy atom. The summed E-state index contributed by atoms with van der Waals surface area (Å²) < 4.78 is 25.6. The molecule has 2 aromatic rings. The summed E-state index contributed by atoms with van der Waals surface area (Å²) in [6.45, 7) is 0.165. The van der Waals surface area contributed by atoms with Gasteiger partial charge in [0, 0.05) is 31.6 Å². The smallest absolute Gasteiger partial charge is 0.252 e. The molecule has 0 spiro atoms. The fourth-order valence-corrected chi connectivity index (χ4v) is 3.52. The second-order valence-electron chi connectivity index (χ2n) is 4.59. The average molecular weight is 324 g/mol. The number of hydrogen-bond acceptors (Lipinski definition) is 4. The number of amides is 1. The zero-order chi connectivity index (χ0) is 15.5. The molecule has 112 valence electrons. The predicted octanol–water partition coefficient (Wildman–Crippen LogP) is 1.93. The van der Waals surface area contributed by atoms with Gasteiger partial charge >= 0.3 is 0 Å². The Hall–Kier alpha value is -1.70. The van der Waals surface area contributed by atoms with Crippen LogP contribution in [0.2, 0.25) is 0 Å². The number of benzene rings is 1. The minimum absolute atomic E-state index is 0.165. The summed E-state index contributed by atoms with van der Waals surface area (Å²) in [4.78, 5) is 12.1. The van der Waals surface area contributed by atoms with Crippen LogP contribution in [0.3, 0.4) is 0 Å². The number of thiophene rings is 1. The minimum Gasteiger partial charge on any atom is -0.348 e. The maximum absolute atomic E-state index is 12.2. The Bertz CT molecular complexity index is 722. The van der Waals surface area contributed by atoms with Gasteiger partial charge in [-0.1, -0.05) is 18.2 Å². The van der Waals surface area contributed by atoms with E-state index in [0.29, 0.717) is 11.1 Å². The van der Waals surface area contributed by atoms with Crippen molar-refractivity contribution >= 4 is 27.3 Å². The van der Waals surface area contributed by atoms with Gasteiger partial charge in [-0.15, -0.1) is 0 Å². The molecule has 0 bridgehead atoms. The fraction of sp³-hybridized carbons (Fsp3) is 0.214. The molecule has 7 heteroatoms. The highest BCUT2D eigenvalue weighted by Crippen LogP contribution is 2.18. The lowest BCUT2D eigenvalue weighted by Crippen LogP contribution is -2.26. The highest BCUT2D eigenvalue weighted by molar-refractivity contribution is 7.89. The molecule has 0 saturated heterocycles. The van der Waals surface area contributed by atoms with Crippen molar-refractivity contribution in [2.45, 2.75) is 11.4 Å². The normalized spacial score (nSPS) is 11.6. The van der Waals surface area contributed by atoms with Crippen molar-refractivity contribution in [3.8, 4) is 0 Å². The van der Waals surface area contributed by atoms with Gasteiger partial charge in [0.2, 0.25) is 10.0 Å². The van der Waals surface area contributed by atoms with Crippen LogP contribution in [0.1, 0.15) is 15.9 Å². The molecular formula is C14H16N2O3S2. The molecule has 2 rings (SSSR count). The van der Waals surface area contributed by atoms with E-state index in [1.165, 1.54) is 25.4 Å². The van der Waals surface area contributed by atoms with E-state index in [4.69, 9.17) is 0 Å². The minimum atomic E-state index is -3.53. The van der Waals surface area contributed by atoms with Crippen LogP contribution in [0, 0.1) is 0 Å². The maximum Gasteiger partial charge on any atom is 0.252 e. The summed E-state index contributed by atoms with van der Waals surface area (Å²) in [5.41, 5.74) is 1.14. The predicted molar refractivity (Wildman–Crippen MR) is 82.8 cm³/mol. The SMILES string of the molecule is CN(C)S(=O)(=O)c1ccccc1CNC(=O)c1ccsc1. The van der Waals surface area contributed by atoms with Gasteiger partial charge in [-0.05, 0) is 23.1 Å². The van der Waals surface area contributed by atoms with E-state index in [-0.39, 0.29) is 17.3 Å². The van der Waals surface area contributed by atoms with Gasteiger partial charge in [0.25, 0.3) is 5.91 Å². The average Bonchev–Trinajstić information content (AvgIpc) is 2.99. The molecule has 21 heavy (non-hydrogen) atoms. The highest BCUT2D eigenvalue weighted by Gasteiger charge is 2.20. The topological polar surface area (TPSA) is 66.5 Å². The molecule has 0 radical (unpaired) electrons. The summed E-state index contributed by atoms with van der Waals surface area (Å²) in [5, 5.41) is 6.30. The number of nitrogens with one attached hydrogen (secondary N) is 1. The van der Waals surface area contributed by atoms with Crippen molar-refractivity contribution in [2.24, 2.45) is 0 Å². The van der Waals surface area contributed by atoms with Gasteiger partial charge in [-0.3, -0.25) is 4.79 Å². The second-order valence-corrected chi connectivity index (χ2v) is 7.49. The van der Waals surface area contributed by atoms with Crippen molar-refractivity contribution in [2.75, 3.05) is 14.1 Å². The molecule has 0 saturated carbocycles. The summed E-state index contributed by atoms with van der Waals surface area (Å²) in [7, 11) is -0.561. The number of rotatable bonds is 5. The summed E-state index contributed by atoms with van der Waals surface area (Å²) >= 11 is 1.44. The largest absolute Gasteiger partial charge is 0.348 e. The number of sulfonamides is 1. The van der Waals surface area contributed by atoms with E-state index in [1.807, 2.05) is 5.38 Å². The molecule has 0 unspecified atom stereocenters. The fourth-order valence-electron chi connectivity index (χ4n) is 1.77. The zero-order valence-corrected chi connectivity index (χ0v) is 13.4. The summed E-state index contributed by atoms with van der Waals surface area (Å²) in [6.07, 6.45) is 0. The van der Waals surface area contributed by atoms with Crippen molar-refractivity contribution in [3.63, 3.8) is 0 Å². The lowest BCUT2D eigenvalue weighted by Gasteiger charge is -2.15. The Balaban J connectivity index is 2.20. The molecule has 1 N–H and O–H groups in total. The standard InChI is InChI=1S/C14H16N2O3S2/c1-16(2)21(18,19)13-6-4-3-5-11(13)9-15-14(17)12-7-8-20-10-12/h3-8,10H,9H2,1-2H3,(H,15,17). The second kappa shape index (κ2) is 6.38. The molecule has 5 nitrogen and oxygen atoms in total. The van der Waals surface area contributed by atoms with Crippen LogP contribution in [0.4, 0.5) is 0 Å². The summed E-state index contributed by atoms with van der Waals surface area (Å²) in [6, 6.07) is 8.38. The molecule has 0 aliphatic rings. The van der Waals surface area contributed by atoms with Gasteiger partial charge in [0.1, 0.15) is 0 Å². The van der Waals surface area contributed by atoms with Crippen molar-refractivity contribution < 1.29 is 13.2 Å². The van der Waals surface area contributed by atoms with E-state index < -0.39 is 10.0 Å². The van der Waals surface area contributed by atoms with Crippen molar-refractivity contribution in [3.05, 3.63) is 52.2 Å². The first-order valence-electron chi connectivity index (χ1n) is 6.24. The van der Waals surface area contributed by atoms with Crippen LogP contribution in [0.5, 0.6) is 0 Å². The number of hydrogen-bond donors (Lipinski definition) is 1. The number of carbonyl (C=O) groups is 1. The molecule has 1 heterocycles. The molecule has 0 fully saturated rings. The van der Waals surface area contributed by atoms with Crippen LogP contribution in [-0.2, 0) is 16.6 Å². The van der Waals surface area contributed by atoms with E-state index in [2.05, 4.69) is 5.32 Å². The third kappa shape index (κ3) is 3.49. The van der Waals surface area contributed by atoms with Crippen molar-refractivity contribution in [1.82, 2.24) is 9.62 Å². The first kappa shape index (κ1) is 15.7. The monoisotopic (exact) mass is 324 g/mol. The molecule has 0 aliphatic heterocycles. The molecule has 0 atom stereocenters. The lowest BCUT2D eigenvalue weighted by atomic mass is 10.2. The third-order valence-electron chi connectivity index (χ3n) is 2.95.